The maximum absolute atomic E-state index is 15.1. The van der Waals surface area contributed by atoms with Crippen LogP contribution >= 0.6 is 0 Å². The number of alkyl halides is 7. The third kappa shape index (κ3) is 5.25. The number of aromatic nitrogens is 3. The monoisotopic (exact) mass is 610 g/mol. The van der Waals surface area contributed by atoms with E-state index in [0.29, 0.717) is 16.0 Å². The Hall–Kier alpha value is -4.22. The standard InChI is InChI=1S/C24H22F8N6O4/c1-10-3-16(38-19(10)20(33)34-9-35-38)11-4-12(17(42-2)5-13(11)25)21(40)36-15-8-37(7-14(15)26)18(39)6-22(41,23(27,28)29)24(30,31)32/h3-5,9,14-15,41H,6-8H2,1-2H3,(H,36,40)(H2,33,34,35)/t14-,15+/m0/s1. The lowest BCUT2D eigenvalue weighted by atomic mass is 9.97. The number of nitrogen functional groups attached to an aromatic ring is 1. The van der Waals surface area contributed by atoms with Crippen molar-refractivity contribution < 1.29 is 54.6 Å². The van der Waals surface area contributed by atoms with E-state index in [-0.39, 0.29) is 28.4 Å². The van der Waals surface area contributed by atoms with Crippen molar-refractivity contribution in [2.24, 2.45) is 0 Å². The second kappa shape index (κ2) is 10.6. The van der Waals surface area contributed by atoms with Gasteiger partial charge < -0.3 is 25.8 Å². The number of benzene rings is 1. The molecule has 10 nitrogen and oxygen atoms in total. The number of aryl methyl sites for hydroxylation is 1. The molecule has 0 bridgehead atoms. The Morgan fingerprint density at radius 2 is 1.79 bits per heavy atom. The highest BCUT2D eigenvalue weighted by molar-refractivity contribution is 5.98. The van der Waals surface area contributed by atoms with Crippen molar-refractivity contribution in [1.29, 1.82) is 0 Å². The van der Waals surface area contributed by atoms with Gasteiger partial charge in [0.15, 0.2) is 5.82 Å². The molecule has 2 amide bonds. The van der Waals surface area contributed by atoms with E-state index in [0.717, 1.165) is 25.6 Å². The Labute approximate surface area is 231 Å². The first-order chi connectivity index (χ1) is 19.4. The molecule has 2 aromatic heterocycles. The van der Waals surface area contributed by atoms with Gasteiger partial charge in [-0.15, -0.1) is 0 Å². The molecule has 0 spiro atoms. The van der Waals surface area contributed by atoms with Crippen molar-refractivity contribution in [3.8, 4) is 17.0 Å². The molecule has 228 valence electrons. The van der Waals surface area contributed by atoms with Crippen LogP contribution in [0.3, 0.4) is 0 Å². The molecule has 0 saturated carbocycles. The summed E-state index contributed by atoms with van der Waals surface area (Å²) in [6, 6.07) is 1.89. The lowest BCUT2D eigenvalue weighted by Crippen LogP contribution is -2.59. The number of nitrogens with two attached hydrogens (primary N) is 1. The van der Waals surface area contributed by atoms with Crippen molar-refractivity contribution in [3.63, 3.8) is 0 Å². The first-order valence-corrected chi connectivity index (χ1v) is 11.9. The fourth-order valence-electron chi connectivity index (χ4n) is 4.58. The van der Waals surface area contributed by atoms with Gasteiger partial charge in [0.25, 0.3) is 11.5 Å². The Balaban J connectivity index is 1.59. The average Bonchev–Trinajstić information content (AvgIpc) is 3.42. The number of likely N-dealkylation sites (tertiary alicyclic amines) is 1. The predicted molar refractivity (Wildman–Crippen MR) is 128 cm³/mol. The number of halogens is 8. The van der Waals surface area contributed by atoms with Gasteiger partial charge in [0.1, 0.15) is 29.6 Å². The molecule has 3 aromatic rings. The van der Waals surface area contributed by atoms with Crippen LogP contribution in [-0.4, -0.2) is 86.8 Å². The number of carbonyl (C=O) groups is 2. The van der Waals surface area contributed by atoms with Gasteiger partial charge in [-0.3, -0.25) is 9.59 Å². The molecule has 1 saturated heterocycles. The summed E-state index contributed by atoms with van der Waals surface area (Å²) in [6.45, 7) is -0.114. The summed E-state index contributed by atoms with van der Waals surface area (Å²) in [5.41, 5.74) is 1.16. The number of anilines is 1. The fourth-order valence-corrected chi connectivity index (χ4v) is 4.58. The molecule has 1 fully saturated rings. The van der Waals surface area contributed by atoms with Gasteiger partial charge >= 0.3 is 12.4 Å². The smallest absolute Gasteiger partial charge is 0.426 e. The molecular formula is C24H22F8N6O4. The third-order valence-corrected chi connectivity index (χ3v) is 6.85. The zero-order valence-corrected chi connectivity index (χ0v) is 21.6. The number of fused-ring (bicyclic) bond motifs is 1. The summed E-state index contributed by atoms with van der Waals surface area (Å²) in [7, 11) is 1.12. The summed E-state index contributed by atoms with van der Waals surface area (Å²) in [5.74, 6) is -3.93. The van der Waals surface area contributed by atoms with Crippen LogP contribution in [0.25, 0.3) is 16.8 Å². The first-order valence-electron chi connectivity index (χ1n) is 11.9. The number of hydrogen-bond acceptors (Lipinski definition) is 7. The minimum atomic E-state index is -6.25. The highest BCUT2D eigenvalue weighted by Gasteiger charge is 2.71. The van der Waals surface area contributed by atoms with Gasteiger partial charge in [-0.2, -0.15) is 31.4 Å². The predicted octanol–water partition coefficient (Wildman–Crippen LogP) is 2.96. The lowest BCUT2D eigenvalue weighted by molar-refractivity contribution is -0.367. The second-order valence-corrected chi connectivity index (χ2v) is 9.58. The lowest BCUT2D eigenvalue weighted by Gasteiger charge is -2.32. The largest absolute Gasteiger partial charge is 0.496 e. The Morgan fingerprint density at radius 3 is 2.38 bits per heavy atom. The molecule has 0 unspecified atom stereocenters. The molecule has 2 atom stereocenters. The van der Waals surface area contributed by atoms with E-state index in [4.69, 9.17) is 10.5 Å². The van der Waals surface area contributed by atoms with E-state index in [1.54, 1.807) is 6.92 Å². The molecule has 0 radical (unpaired) electrons. The zero-order chi connectivity index (χ0) is 31.4. The number of hydrogen-bond donors (Lipinski definition) is 3. The summed E-state index contributed by atoms with van der Waals surface area (Å²) < 4.78 is 114. The fraction of sp³-hybridized carbons (Fsp3) is 0.417. The summed E-state index contributed by atoms with van der Waals surface area (Å²) >= 11 is 0. The number of aliphatic hydroxyl groups is 1. The number of rotatable bonds is 6. The van der Waals surface area contributed by atoms with Crippen molar-refractivity contribution >= 4 is 23.1 Å². The molecule has 4 rings (SSSR count). The van der Waals surface area contributed by atoms with Crippen molar-refractivity contribution in [2.75, 3.05) is 25.9 Å². The van der Waals surface area contributed by atoms with Gasteiger partial charge in [-0.1, -0.05) is 0 Å². The van der Waals surface area contributed by atoms with Gasteiger partial charge in [-0.25, -0.2) is 18.3 Å². The molecule has 3 heterocycles. The number of carbonyl (C=O) groups excluding carboxylic acids is 2. The highest BCUT2D eigenvalue weighted by atomic mass is 19.4. The molecule has 1 aromatic carbocycles. The van der Waals surface area contributed by atoms with Crippen molar-refractivity contribution in [1.82, 2.24) is 24.8 Å². The van der Waals surface area contributed by atoms with E-state index in [9.17, 15) is 45.4 Å². The molecule has 42 heavy (non-hydrogen) atoms. The van der Waals surface area contributed by atoms with Gasteiger partial charge in [0.2, 0.25) is 5.91 Å². The maximum atomic E-state index is 15.1. The van der Waals surface area contributed by atoms with E-state index in [2.05, 4.69) is 15.4 Å². The number of amides is 2. The van der Waals surface area contributed by atoms with E-state index < -0.39 is 67.3 Å². The van der Waals surface area contributed by atoms with Crippen LogP contribution in [-0.2, 0) is 4.79 Å². The van der Waals surface area contributed by atoms with Crippen LogP contribution in [0, 0.1) is 12.7 Å². The van der Waals surface area contributed by atoms with Crippen LogP contribution in [0.4, 0.5) is 40.9 Å². The summed E-state index contributed by atoms with van der Waals surface area (Å²) in [4.78, 5) is 29.6. The number of nitrogens with zero attached hydrogens (tertiary/aromatic N) is 4. The Kier molecular flexibility index (Phi) is 7.73. The van der Waals surface area contributed by atoms with E-state index >= 15 is 4.39 Å². The van der Waals surface area contributed by atoms with Crippen LogP contribution in [0.15, 0.2) is 24.5 Å². The van der Waals surface area contributed by atoms with E-state index in [1.165, 1.54) is 10.6 Å². The molecule has 4 N–H and O–H groups in total. The maximum Gasteiger partial charge on any atom is 0.426 e. The average molecular weight is 610 g/mol. The first kappa shape index (κ1) is 30.7. The number of methoxy groups -OCH3 is 1. The summed E-state index contributed by atoms with van der Waals surface area (Å²) in [6.07, 6.45) is -15.9. The molecule has 1 aliphatic heterocycles. The topological polar surface area (TPSA) is 135 Å². The van der Waals surface area contributed by atoms with Crippen molar-refractivity contribution in [2.45, 2.75) is 43.5 Å². The Morgan fingerprint density at radius 1 is 1.14 bits per heavy atom. The highest BCUT2D eigenvalue weighted by Crippen LogP contribution is 2.45. The van der Waals surface area contributed by atoms with Crippen molar-refractivity contribution in [3.05, 3.63) is 41.5 Å². The number of ether oxygens (including phenoxy) is 1. The quantitative estimate of drug-likeness (QED) is 0.366. The summed E-state index contributed by atoms with van der Waals surface area (Å²) in [5, 5.41) is 15.6. The van der Waals surface area contributed by atoms with Crippen LogP contribution in [0.5, 0.6) is 5.75 Å². The minimum absolute atomic E-state index is 0.0962. The SMILES string of the molecule is COc1cc(F)c(-c2cc(C)c3c(N)ncnn23)cc1C(=O)N[C@@H]1CN(C(=O)CC(O)(C(F)(F)F)C(F)(F)F)C[C@@H]1F. The molecular weight excluding hydrogens is 588 g/mol. The Bertz CT molecular complexity index is 1530. The van der Waals surface area contributed by atoms with Gasteiger partial charge in [0.05, 0.1) is 37.4 Å². The zero-order valence-electron chi connectivity index (χ0n) is 21.6. The number of nitrogens with one attached hydrogen (secondary N) is 1. The molecule has 0 aliphatic carbocycles. The normalized spacial score (nSPS) is 18.0. The minimum Gasteiger partial charge on any atom is -0.496 e. The van der Waals surface area contributed by atoms with Gasteiger partial charge in [0, 0.05) is 18.2 Å². The van der Waals surface area contributed by atoms with Crippen LogP contribution < -0.4 is 15.8 Å². The van der Waals surface area contributed by atoms with Crippen LogP contribution in [0.1, 0.15) is 22.3 Å². The second-order valence-electron chi connectivity index (χ2n) is 9.58. The van der Waals surface area contributed by atoms with E-state index in [1.807, 2.05) is 0 Å². The molecule has 1 aliphatic rings. The third-order valence-electron chi connectivity index (χ3n) is 6.85. The molecule has 18 heteroatoms. The van der Waals surface area contributed by atoms with Crippen LogP contribution in [0.2, 0.25) is 0 Å². The van der Waals surface area contributed by atoms with Gasteiger partial charge in [-0.05, 0) is 24.6 Å².